The second-order valence-corrected chi connectivity index (χ2v) is 5.51. The Morgan fingerprint density at radius 3 is 2.55 bits per heavy atom. The fourth-order valence-electron chi connectivity index (χ4n) is 2.90. The van der Waals surface area contributed by atoms with Crippen LogP contribution in [0.25, 0.3) is 22.0 Å². The molecule has 1 saturated carbocycles. The van der Waals surface area contributed by atoms with E-state index in [-0.39, 0.29) is 6.10 Å². The normalized spacial score (nSPS) is 21.9. The van der Waals surface area contributed by atoms with Crippen molar-refractivity contribution in [1.82, 2.24) is 9.78 Å². The van der Waals surface area contributed by atoms with Crippen LogP contribution in [-0.4, -0.2) is 21.0 Å². The van der Waals surface area contributed by atoms with Gasteiger partial charge in [-0.2, -0.15) is 5.10 Å². The zero-order valence-corrected chi connectivity index (χ0v) is 11.1. The van der Waals surface area contributed by atoms with Gasteiger partial charge in [0.05, 0.1) is 23.9 Å². The van der Waals surface area contributed by atoms with E-state index in [0.29, 0.717) is 6.04 Å². The fourth-order valence-corrected chi connectivity index (χ4v) is 2.90. The van der Waals surface area contributed by atoms with Crippen LogP contribution < -0.4 is 0 Å². The Bertz CT molecular complexity index is 742. The molecule has 1 aliphatic carbocycles. The van der Waals surface area contributed by atoms with Gasteiger partial charge in [-0.15, -0.1) is 0 Å². The first-order valence-electron chi connectivity index (χ1n) is 7.02. The standard InChI is InChI=1S/C17H16N2O/c20-16-9-15(10-16)19-17-8-13(6-7-14(17)11-18-19)12-4-2-1-3-5-12/h1-8,11,15-16,20H,9-10H2. The molecular formula is C17H16N2O. The molecule has 0 atom stereocenters. The number of nitrogens with zero attached hydrogens (tertiary/aromatic N) is 2. The van der Waals surface area contributed by atoms with E-state index in [0.717, 1.165) is 23.7 Å². The van der Waals surface area contributed by atoms with Crippen molar-refractivity contribution in [1.29, 1.82) is 0 Å². The summed E-state index contributed by atoms with van der Waals surface area (Å²) in [6.45, 7) is 0. The van der Waals surface area contributed by atoms with E-state index in [1.165, 1.54) is 11.1 Å². The Balaban J connectivity index is 1.80. The van der Waals surface area contributed by atoms with E-state index < -0.39 is 0 Å². The van der Waals surface area contributed by atoms with Gasteiger partial charge in [-0.1, -0.05) is 42.5 Å². The number of aliphatic hydroxyl groups is 1. The minimum atomic E-state index is -0.156. The minimum absolute atomic E-state index is 0.156. The average molecular weight is 264 g/mol. The Hall–Kier alpha value is -2.13. The van der Waals surface area contributed by atoms with Crippen LogP contribution in [0.2, 0.25) is 0 Å². The van der Waals surface area contributed by atoms with Gasteiger partial charge < -0.3 is 5.11 Å². The number of hydrogen-bond donors (Lipinski definition) is 1. The molecule has 0 spiro atoms. The van der Waals surface area contributed by atoms with Crippen molar-refractivity contribution in [3.05, 3.63) is 54.7 Å². The molecule has 2 aromatic carbocycles. The molecule has 1 heterocycles. The van der Waals surface area contributed by atoms with Crippen molar-refractivity contribution in [2.45, 2.75) is 25.0 Å². The highest BCUT2D eigenvalue weighted by Gasteiger charge is 2.30. The van der Waals surface area contributed by atoms with Gasteiger partial charge in [-0.3, -0.25) is 4.68 Å². The van der Waals surface area contributed by atoms with Crippen LogP contribution in [0.15, 0.2) is 54.7 Å². The van der Waals surface area contributed by atoms with Crippen molar-refractivity contribution in [3.8, 4) is 11.1 Å². The largest absolute Gasteiger partial charge is 0.393 e. The topological polar surface area (TPSA) is 38.0 Å². The maximum absolute atomic E-state index is 9.48. The predicted molar refractivity (Wildman–Crippen MR) is 79.4 cm³/mol. The van der Waals surface area contributed by atoms with E-state index in [4.69, 9.17) is 0 Å². The fraction of sp³-hybridized carbons (Fsp3) is 0.235. The molecule has 3 heteroatoms. The lowest BCUT2D eigenvalue weighted by Crippen LogP contribution is -2.31. The summed E-state index contributed by atoms with van der Waals surface area (Å²) < 4.78 is 2.06. The number of aliphatic hydroxyl groups excluding tert-OH is 1. The molecule has 1 fully saturated rings. The third-order valence-corrected chi connectivity index (χ3v) is 4.14. The maximum atomic E-state index is 9.48. The van der Waals surface area contributed by atoms with Crippen LogP contribution in [-0.2, 0) is 0 Å². The monoisotopic (exact) mass is 264 g/mol. The number of rotatable bonds is 2. The summed E-state index contributed by atoms with van der Waals surface area (Å²) in [5.74, 6) is 0. The molecule has 1 N–H and O–H groups in total. The molecule has 0 saturated heterocycles. The highest BCUT2D eigenvalue weighted by molar-refractivity contribution is 5.84. The minimum Gasteiger partial charge on any atom is -0.393 e. The molecule has 3 aromatic rings. The number of hydrogen-bond acceptors (Lipinski definition) is 2. The summed E-state index contributed by atoms with van der Waals surface area (Å²) in [5, 5.41) is 15.1. The molecule has 0 amide bonds. The van der Waals surface area contributed by atoms with Gasteiger partial charge in [0.15, 0.2) is 0 Å². The van der Waals surface area contributed by atoms with E-state index in [1.807, 2.05) is 12.3 Å². The lowest BCUT2D eigenvalue weighted by Gasteiger charge is -2.32. The molecule has 0 radical (unpaired) electrons. The third-order valence-electron chi connectivity index (χ3n) is 4.14. The van der Waals surface area contributed by atoms with Crippen LogP contribution in [0.4, 0.5) is 0 Å². The van der Waals surface area contributed by atoms with Gasteiger partial charge in [-0.25, -0.2) is 0 Å². The highest BCUT2D eigenvalue weighted by atomic mass is 16.3. The van der Waals surface area contributed by atoms with Crippen LogP contribution in [0.1, 0.15) is 18.9 Å². The highest BCUT2D eigenvalue weighted by Crippen LogP contribution is 2.35. The Kier molecular flexibility index (Phi) is 2.60. The summed E-state index contributed by atoms with van der Waals surface area (Å²) in [6, 6.07) is 17.2. The van der Waals surface area contributed by atoms with Gasteiger partial charge in [0.25, 0.3) is 0 Å². The summed E-state index contributed by atoms with van der Waals surface area (Å²) in [5.41, 5.74) is 3.58. The number of fused-ring (bicyclic) bond motifs is 1. The molecular weight excluding hydrogens is 248 g/mol. The summed E-state index contributed by atoms with van der Waals surface area (Å²) in [7, 11) is 0. The molecule has 0 bridgehead atoms. The molecule has 20 heavy (non-hydrogen) atoms. The average Bonchev–Trinajstić information content (AvgIpc) is 2.87. The Morgan fingerprint density at radius 1 is 1.00 bits per heavy atom. The maximum Gasteiger partial charge on any atom is 0.0691 e. The van der Waals surface area contributed by atoms with Crippen molar-refractivity contribution >= 4 is 10.9 Å². The van der Waals surface area contributed by atoms with Gasteiger partial charge in [-0.05, 0) is 30.0 Å². The molecule has 100 valence electrons. The van der Waals surface area contributed by atoms with Crippen LogP contribution in [0, 0.1) is 0 Å². The SMILES string of the molecule is OC1CC(n2ncc3ccc(-c4ccccc4)cc32)C1. The van der Waals surface area contributed by atoms with Crippen LogP contribution in [0.3, 0.4) is 0 Å². The lowest BCUT2D eigenvalue weighted by atomic mass is 9.89. The first-order chi connectivity index (χ1) is 9.81. The van der Waals surface area contributed by atoms with E-state index in [9.17, 15) is 5.11 Å². The molecule has 0 aliphatic heterocycles. The number of benzene rings is 2. The van der Waals surface area contributed by atoms with E-state index in [1.54, 1.807) is 0 Å². The van der Waals surface area contributed by atoms with Crippen molar-refractivity contribution < 1.29 is 5.11 Å². The summed E-state index contributed by atoms with van der Waals surface area (Å²) >= 11 is 0. The van der Waals surface area contributed by atoms with Crippen molar-refractivity contribution in [2.75, 3.05) is 0 Å². The first-order valence-corrected chi connectivity index (χ1v) is 7.02. The van der Waals surface area contributed by atoms with E-state index >= 15 is 0 Å². The summed E-state index contributed by atoms with van der Waals surface area (Å²) in [6.07, 6.45) is 3.38. The van der Waals surface area contributed by atoms with Crippen LogP contribution in [0.5, 0.6) is 0 Å². The molecule has 3 nitrogen and oxygen atoms in total. The lowest BCUT2D eigenvalue weighted by molar-refractivity contribution is 0.0453. The van der Waals surface area contributed by atoms with Crippen molar-refractivity contribution in [2.24, 2.45) is 0 Å². The molecule has 0 unspecified atom stereocenters. The zero-order chi connectivity index (χ0) is 13.5. The third kappa shape index (κ3) is 1.82. The summed E-state index contributed by atoms with van der Waals surface area (Å²) in [4.78, 5) is 0. The van der Waals surface area contributed by atoms with Gasteiger partial charge in [0, 0.05) is 5.39 Å². The second kappa shape index (κ2) is 4.46. The number of aromatic nitrogens is 2. The predicted octanol–water partition coefficient (Wildman–Crippen LogP) is 3.40. The van der Waals surface area contributed by atoms with Crippen molar-refractivity contribution in [3.63, 3.8) is 0 Å². The molecule has 1 aromatic heterocycles. The first kappa shape index (κ1) is 11.7. The van der Waals surface area contributed by atoms with Gasteiger partial charge in [0.2, 0.25) is 0 Å². The smallest absolute Gasteiger partial charge is 0.0691 e. The molecule has 1 aliphatic rings. The van der Waals surface area contributed by atoms with E-state index in [2.05, 4.69) is 52.2 Å². The zero-order valence-electron chi connectivity index (χ0n) is 11.1. The van der Waals surface area contributed by atoms with Crippen LogP contribution >= 0.6 is 0 Å². The van der Waals surface area contributed by atoms with Gasteiger partial charge >= 0.3 is 0 Å². The molecule has 4 rings (SSSR count). The second-order valence-electron chi connectivity index (χ2n) is 5.51. The Labute approximate surface area is 117 Å². The quantitative estimate of drug-likeness (QED) is 0.770. The van der Waals surface area contributed by atoms with Gasteiger partial charge in [0.1, 0.15) is 0 Å². The Morgan fingerprint density at radius 2 is 1.80 bits per heavy atom.